The fourth-order valence-electron chi connectivity index (χ4n) is 5.13. The number of hydrogen-bond donors (Lipinski definition) is 2. The van der Waals surface area contributed by atoms with E-state index in [0.717, 1.165) is 37.4 Å². The van der Waals surface area contributed by atoms with Crippen molar-refractivity contribution in [1.29, 1.82) is 0 Å². The van der Waals surface area contributed by atoms with Crippen LogP contribution < -0.4 is 10.5 Å². The first-order valence-electron chi connectivity index (χ1n) is 10.7. The van der Waals surface area contributed by atoms with Crippen molar-refractivity contribution in [2.75, 3.05) is 13.7 Å². The molecule has 0 saturated heterocycles. The Morgan fingerprint density at radius 3 is 2.82 bits per heavy atom. The molecule has 28 heavy (non-hydrogen) atoms. The minimum absolute atomic E-state index is 0.101. The summed E-state index contributed by atoms with van der Waals surface area (Å²) >= 11 is 0. The number of benzene rings is 2. The molecule has 2 aliphatic rings. The maximum atomic E-state index is 9.54. The van der Waals surface area contributed by atoms with Crippen molar-refractivity contribution in [3.8, 4) is 5.75 Å². The molecule has 0 unspecified atom stereocenters. The first kappa shape index (κ1) is 19.5. The predicted molar refractivity (Wildman–Crippen MR) is 114 cm³/mol. The predicted octanol–water partition coefficient (Wildman–Crippen LogP) is 4.39. The van der Waals surface area contributed by atoms with Crippen LogP contribution in [0.15, 0.2) is 42.5 Å². The number of aliphatic hydroxyl groups excluding tert-OH is 1. The summed E-state index contributed by atoms with van der Waals surface area (Å²) in [5.74, 6) is 2.23. The molecule has 150 valence electrons. The quantitative estimate of drug-likeness (QED) is 0.783. The molecule has 4 rings (SSSR count). The van der Waals surface area contributed by atoms with Gasteiger partial charge in [-0.1, -0.05) is 30.3 Å². The molecular weight excluding hydrogens is 346 g/mol. The standard InChI is InChI=1S/C25H33NO2/c1-28-24-4-2-3-18(14-24)5-6-19-7-8-21-15-22(10-9-20(21)13-19)23-11-12-25(26,16-23)17-27/h2-4,9-10,14-15,19,23,27H,5-8,11-13,16-17,26H2,1H3/t19-,23+,25+/m1/s1. The Hall–Kier alpha value is -1.84. The van der Waals surface area contributed by atoms with E-state index in [2.05, 4.69) is 36.4 Å². The molecule has 0 amide bonds. The van der Waals surface area contributed by atoms with Crippen LogP contribution in [-0.2, 0) is 19.3 Å². The van der Waals surface area contributed by atoms with Crippen LogP contribution in [0.4, 0.5) is 0 Å². The van der Waals surface area contributed by atoms with E-state index in [1.54, 1.807) is 7.11 Å². The smallest absolute Gasteiger partial charge is 0.119 e. The summed E-state index contributed by atoms with van der Waals surface area (Å²) in [4.78, 5) is 0. The second-order valence-electron chi connectivity index (χ2n) is 8.99. The summed E-state index contributed by atoms with van der Waals surface area (Å²) in [6, 6.07) is 15.6. The molecule has 1 fully saturated rings. The molecule has 0 aliphatic heterocycles. The fourth-order valence-corrected chi connectivity index (χ4v) is 5.13. The Morgan fingerprint density at radius 2 is 2.04 bits per heavy atom. The molecule has 1 saturated carbocycles. The average Bonchev–Trinajstić information content (AvgIpc) is 3.14. The van der Waals surface area contributed by atoms with Crippen LogP contribution in [0.3, 0.4) is 0 Å². The van der Waals surface area contributed by atoms with Crippen molar-refractivity contribution in [1.82, 2.24) is 0 Å². The highest BCUT2D eigenvalue weighted by atomic mass is 16.5. The van der Waals surface area contributed by atoms with E-state index < -0.39 is 0 Å². The van der Waals surface area contributed by atoms with Gasteiger partial charge in [0.1, 0.15) is 5.75 Å². The number of rotatable bonds is 6. The molecule has 3 heteroatoms. The zero-order chi connectivity index (χ0) is 19.6. The number of aryl methyl sites for hydroxylation is 2. The number of nitrogens with two attached hydrogens (primary N) is 1. The van der Waals surface area contributed by atoms with Gasteiger partial charge in [-0.3, -0.25) is 0 Å². The summed E-state index contributed by atoms with van der Waals surface area (Å²) in [6.45, 7) is 0.101. The van der Waals surface area contributed by atoms with Crippen LogP contribution in [0.1, 0.15) is 60.3 Å². The Kier molecular flexibility index (Phi) is 5.75. The van der Waals surface area contributed by atoms with Gasteiger partial charge in [0.05, 0.1) is 13.7 Å². The lowest BCUT2D eigenvalue weighted by Gasteiger charge is -2.26. The normalized spacial score (nSPS) is 26.8. The molecule has 3 N–H and O–H groups in total. The van der Waals surface area contributed by atoms with E-state index in [1.807, 2.05) is 6.07 Å². The molecule has 3 atom stereocenters. The summed E-state index contributed by atoms with van der Waals surface area (Å²) in [7, 11) is 1.73. The maximum absolute atomic E-state index is 9.54. The lowest BCUT2D eigenvalue weighted by molar-refractivity contribution is 0.198. The van der Waals surface area contributed by atoms with Crippen LogP contribution in [-0.4, -0.2) is 24.4 Å². The van der Waals surface area contributed by atoms with Gasteiger partial charge in [-0.15, -0.1) is 0 Å². The summed E-state index contributed by atoms with van der Waals surface area (Å²) in [5.41, 5.74) is 11.8. The van der Waals surface area contributed by atoms with Gasteiger partial charge >= 0.3 is 0 Å². The topological polar surface area (TPSA) is 55.5 Å². The number of methoxy groups -OCH3 is 1. The first-order valence-corrected chi connectivity index (χ1v) is 10.7. The fraction of sp³-hybridized carbons (Fsp3) is 0.520. The Morgan fingerprint density at radius 1 is 1.14 bits per heavy atom. The molecule has 2 aromatic rings. The summed E-state index contributed by atoms with van der Waals surface area (Å²) < 4.78 is 5.34. The van der Waals surface area contributed by atoms with E-state index >= 15 is 0 Å². The largest absolute Gasteiger partial charge is 0.497 e. The zero-order valence-electron chi connectivity index (χ0n) is 17.0. The molecule has 0 aromatic heterocycles. The third kappa shape index (κ3) is 4.26. The highest BCUT2D eigenvalue weighted by molar-refractivity contribution is 5.37. The molecular formula is C25H33NO2. The maximum Gasteiger partial charge on any atom is 0.119 e. The Labute approximate surface area is 168 Å². The van der Waals surface area contributed by atoms with Gasteiger partial charge in [-0.25, -0.2) is 0 Å². The molecule has 3 nitrogen and oxygen atoms in total. The van der Waals surface area contributed by atoms with Crippen molar-refractivity contribution in [3.63, 3.8) is 0 Å². The molecule has 0 radical (unpaired) electrons. The van der Waals surface area contributed by atoms with Crippen LogP contribution in [0.25, 0.3) is 0 Å². The van der Waals surface area contributed by atoms with Gasteiger partial charge in [0, 0.05) is 5.54 Å². The first-order chi connectivity index (χ1) is 13.6. The van der Waals surface area contributed by atoms with Crippen molar-refractivity contribution in [2.24, 2.45) is 11.7 Å². The Bertz CT molecular complexity index is 818. The van der Waals surface area contributed by atoms with Crippen LogP contribution >= 0.6 is 0 Å². The average molecular weight is 380 g/mol. The van der Waals surface area contributed by atoms with Gasteiger partial charge in [-0.05, 0) is 97.6 Å². The third-order valence-corrected chi connectivity index (χ3v) is 6.97. The van der Waals surface area contributed by atoms with Crippen molar-refractivity contribution in [3.05, 3.63) is 64.7 Å². The van der Waals surface area contributed by atoms with Gasteiger partial charge in [-0.2, -0.15) is 0 Å². The van der Waals surface area contributed by atoms with Crippen LogP contribution in [0.2, 0.25) is 0 Å². The van der Waals surface area contributed by atoms with Crippen molar-refractivity contribution >= 4 is 0 Å². The molecule has 2 aromatic carbocycles. The van der Waals surface area contributed by atoms with E-state index in [1.165, 1.54) is 47.9 Å². The molecule has 0 heterocycles. The van der Waals surface area contributed by atoms with Gasteiger partial charge in [0.2, 0.25) is 0 Å². The second-order valence-corrected chi connectivity index (χ2v) is 8.99. The molecule has 0 spiro atoms. The van der Waals surface area contributed by atoms with Gasteiger partial charge < -0.3 is 15.6 Å². The minimum atomic E-state index is -0.369. The lowest BCUT2D eigenvalue weighted by atomic mass is 9.79. The Balaban J connectivity index is 1.37. The SMILES string of the molecule is COc1cccc(CC[C@@H]2CCc3cc([C@H]4CC[C@@](N)(CO)C4)ccc3C2)c1. The van der Waals surface area contributed by atoms with Gasteiger partial charge in [0.25, 0.3) is 0 Å². The van der Waals surface area contributed by atoms with E-state index in [4.69, 9.17) is 10.5 Å². The van der Waals surface area contributed by atoms with Crippen molar-refractivity contribution < 1.29 is 9.84 Å². The summed E-state index contributed by atoms with van der Waals surface area (Å²) in [6.07, 6.45) is 8.96. The second kappa shape index (κ2) is 8.26. The highest BCUT2D eigenvalue weighted by Gasteiger charge is 2.36. The monoisotopic (exact) mass is 379 g/mol. The van der Waals surface area contributed by atoms with E-state index in [-0.39, 0.29) is 12.1 Å². The van der Waals surface area contributed by atoms with E-state index in [9.17, 15) is 5.11 Å². The zero-order valence-corrected chi connectivity index (χ0v) is 17.0. The highest BCUT2D eigenvalue weighted by Crippen LogP contribution is 2.40. The van der Waals surface area contributed by atoms with E-state index in [0.29, 0.717) is 5.92 Å². The minimum Gasteiger partial charge on any atom is -0.497 e. The van der Waals surface area contributed by atoms with Crippen LogP contribution in [0.5, 0.6) is 5.75 Å². The molecule has 0 bridgehead atoms. The number of hydrogen-bond acceptors (Lipinski definition) is 3. The summed E-state index contributed by atoms with van der Waals surface area (Å²) in [5, 5.41) is 9.54. The lowest BCUT2D eigenvalue weighted by Crippen LogP contribution is -2.40. The number of ether oxygens (including phenoxy) is 1. The molecule has 2 aliphatic carbocycles. The number of fused-ring (bicyclic) bond motifs is 1. The van der Waals surface area contributed by atoms with Gasteiger partial charge in [0.15, 0.2) is 0 Å². The third-order valence-electron chi connectivity index (χ3n) is 6.97. The van der Waals surface area contributed by atoms with Crippen molar-refractivity contribution in [2.45, 2.75) is 62.8 Å². The van der Waals surface area contributed by atoms with Crippen LogP contribution in [0, 0.1) is 5.92 Å². The number of aliphatic hydroxyl groups is 1.